The summed E-state index contributed by atoms with van der Waals surface area (Å²) >= 11 is 0. The summed E-state index contributed by atoms with van der Waals surface area (Å²) in [4.78, 5) is 10.6. The highest BCUT2D eigenvalue weighted by molar-refractivity contribution is 5.83. The number of carboxylic acids is 1. The SMILES string of the molecule is C=C(CC(=O)O)c1ccc(OCC)c(C)c1. The molecule has 0 bridgehead atoms. The van der Waals surface area contributed by atoms with Gasteiger partial charge in [0.1, 0.15) is 5.75 Å². The van der Waals surface area contributed by atoms with Crippen LogP contribution in [0.2, 0.25) is 0 Å². The van der Waals surface area contributed by atoms with Crippen LogP contribution in [-0.2, 0) is 4.79 Å². The van der Waals surface area contributed by atoms with Crippen molar-refractivity contribution in [3.05, 3.63) is 35.9 Å². The van der Waals surface area contributed by atoms with Gasteiger partial charge in [-0.2, -0.15) is 0 Å². The van der Waals surface area contributed by atoms with Crippen molar-refractivity contribution in [1.82, 2.24) is 0 Å². The summed E-state index contributed by atoms with van der Waals surface area (Å²) in [6.45, 7) is 8.24. The molecule has 3 nitrogen and oxygen atoms in total. The van der Waals surface area contributed by atoms with Crippen LogP contribution in [0.3, 0.4) is 0 Å². The molecule has 0 heterocycles. The van der Waals surface area contributed by atoms with Gasteiger partial charge in [0, 0.05) is 0 Å². The quantitative estimate of drug-likeness (QED) is 0.829. The summed E-state index contributed by atoms with van der Waals surface area (Å²) < 4.78 is 5.41. The maximum atomic E-state index is 10.6. The molecule has 0 aliphatic rings. The number of benzene rings is 1. The van der Waals surface area contributed by atoms with Gasteiger partial charge in [-0.25, -0.2) is 0 Å². The fourth-order valence-electron chi connectivity index (χ4n) is 1.47. The van der Waals surface area contributed by atoms with Gasteiger partial charge in [0.15, 0.2) is 0 Å². The molecule has 16 heavy (non-hydrogen) atoms. The molecule has 0 saturated carbocycles. The second-order valence-corrected chi connectivity index (χ2v) is 3.59. The fraction of sp³-hybridized carbons (Fsp3) is 0.308. The first-order chi connectivity index (χ1) is 7.54. The van der Waals surface area contributed by atoms with Gasteiger partial charge in [-0.05, 0) is 42.7 Å². The van der Waals surface area contributed by atoms with Crippen LogP contribution < -0.4 is 4.74 Å². The first-order valence-electron chi connectivity index (χ1n) is 5.18. The van der Waals surface area contributed by atoms with Crippen molar-refractivity contribution in [2.75, 3.05) is 6.61 Å². The van der Waals surface area contributed by atoms with Crippen molar-refractivity contribution < 1.29 is 14.6 Å². The Morgan fingerprint density at radius 2 is 2.19 bits per heavy atom. The molecule has 0 fully saturated rings. The van der Waals surface area contributed by atoms with Crippen LogP contribution in [0.4, 0.5) is 0 Å². The molecule has 86 valence electrons. The molecule has 0 aromatic heterocycles. The number of ether oxygens (including phenoxy) is 1. The zero-order chi connectivity index (χ0) is 12.1. The van der Waals surface area contributed by atoms with E-state index in [0.717, 1.165) is 16.9 Å². The normalized spacial score (nSPS) is 9.88. The molecule has 0 radical (unpaired) electrons. The van der Waals surface area contributed by atoms with Crippen LogP contribution in [0.25, 0.3) is 5.57 Å². The van der Waals surface area contributed by atoms with Crippen molar-refractivity contribution in [2.45, 2.75) is 20.3 Å². The second-order valence-electron chi connectivity index (χ2n) is 3.59. The van der Waals surface area contributed by atoms with Gasteiger partial charge < -0.3 is 9.84 Å². The minimum absolute atomic E-state index is 0.0343. The number of rotatable bonds is 5. The standard InChI is InChI=1S/C13H16O3/c1-4-16-12-6-5-11(7-10(12)3)9(2)8-13(14)15/h5-7H,2,4,8H2,1,3H3,(H,14,15). The maximum Gasteiger partial charge on any atom is 0.307 e. The topological polar surface area (TPSA) is 46.5 Å². The summed E-state index contributed by atoms with van der Waals surface area (Å²) in [7, 11) is 0. The summed E-state index contributed by atoms with van der Waals surface area (Å²) in [6, 6.07) is 5.58. The Kier molecular flexibility index (Phi) is 4.11. The maximum absolute atomic E-state index is 10.6. The largest absolute Gasteiger partial charge is 0.494 e. The van der Waals surface area contributed by atoms with Crippen molar-refractivity contribution in [3.63, 3.8) is 0 Å². The van der Waals surface area contributed by atoms with Gasteiger partial charge in [0.05, 0.1) is 13.0 Å². The molecule has 0 atom stereocenters. The van der Waals surface area contributed by atoms with E-state index in [1.807, 2.05) is 32.0 Å². The smallest absolute Gasteiger partial charge is 0.307 e. The van der Waals surface area contributed by atoms with Gasteiger partial charge in [0.2, 0.25) is 0 Å². The molecule has 1 N–H and O–H groups in total. The fourth-order valence-corrected chi connectivity index (χ4v) is 1.47. The van der Waals surface area contributed by atoms with E-state index < -0.39 is 5.97 Å². The molecule has 0 amide bonds. The molecule has 3 heteroatoms. The Morgan fingerprint density at radius 3 is 2.69 bits per heavy atom. The Labute approximate surface area is 95.4 Å². The third-order valence-electron chi connectivity index (χ3n) is 2.25. The summed E-state index contributed by atoms with van der Waals surface area (Å²) in [6.07, 6.45) is -0.0343. The predicted molar refractivity (Wildman–Crippen MR) is 63.6 cm³/mol. The van der Waals surface area contributed by atoms with Crippen LogP contribution >= 0.6 is 0 Å². The van der Waals surface area contributed by atoms with Crippen LogP contribution in [0.1, 0.15) is 24.5 Å². The molecule has 1 aromatic rings. The van der Waals surface area contributed by atoms with E-state index in [4.69, 9.17) is 9.84 Å². The molecule has 1 rings (SSSR count). The summed E-state index contributed by atoms with van der Waals surface area (Å²) in [5, 5.41) is 8.67. The molecule has 1 aromatic carbocycles. The Morgan fingerprint density at radius 1 is 1.50 bits per heavy atom. The van der Waals surface area contributed by atoms with E-state index in [1.54, 1.807) is 0 Å². The molecule has 0 aliphatic heterocycles. The first kappa shape index (κ1) is 12.3. The average molecular weight is 220 g/mol. The minimum Gasteiger partial charge on any atom is -0.494 e. The number of hydrogen-bond donors (Lipinski definition) is 1. The third-order valence-corrected chi connectivity index (χ3v) is 2.25. The highest BCUT2D eigenvalue weighted by atomic mass is 16.5. The van der Waals surface area contributed by atoms with Crippen LogP contribution in [-0.4, -0.2) is 17.7 Å². The van der Waals surface area contributed by atoms with Crippen molar-refractivity contribution >= 4 is 11.5 Å². The van der Waals surface area contributed by atoms with Crippen molar-refractivity contribution in [2.24, 2.45) is 0 Å². The summed E-state index contributed by atoms with van der Waals surface area (Å²) in [5.41, 5.74) is 2.45. The number of carbonyl (C=O) groups is 1. The highest BCUT2D eigenvalue weighted by Crippen LogP contribution is 2.24. The molecule has 0 saturated heterocycles. The predicted octanol–water partition coefficient (Wildman–Crippen LogP) is 2.88. The second kappa shape index (κ2) is 5.35. The highest BCUT2D eigenvalue weighted by Gasteiger charge is 2.06. The van der Waals surface area contributed by atoms with Crippen molar-refractivity contribution in [3.8, 4) is 5.75 Å². The van der Waals surface area contributed by atoms with E-state index in [0.29, 0.717) is 12.2 Å². The van der Waals surface area contributed by atoms with E-state index in [-0.39, 0.29) is 6.42 Å². The van der Waals surface area contributed by atoms with Crippen LogP contribution in [0.15, 0.2) is 24.8 Å². The van der Waals surface area contributed by atoms with Crippen molar-refractivity contribution in [1.29, 1.82) is 0 Å². The van der Waals surface area contributed by atoms with Gasteiger partial charge in [0.25, 0.3) is 0 Å². The van der Waals surface area contributed by atoms with Gasteiger partial charge >= 0.3 is 5.97 Å². The number of carboxylic acid groups (broad SMARTS) is 1. The zero-order valence-electron chi connectivity index (χ0n) is 9.62. The van der Waals surface area contributed by atoms with Gasteiger partial charge in [-0.1, -0.05) is 12.6 Å². The summed E-state index contributed by atoms with van der Waals surface area (Å²) in [5.74, 6) is -0.0362. The minimum atomic E-state index is -0.864. The van der Waals surface area contributed by atoms with Crippen LogP contribution in [0.5, 0.6) is 5.75 Å². The van der Waals surface area contributed by atoms with Crippen LogP contribution in [0, 0.1) is 6.92 Å². The van der Waals surface area contributed by atoms with E-state index in [9.17, 15) is 4.79 Å². The Bertz CT molecular complexity index is 408. The number of aliphatic carboxylic acids is 1. The molecular weight excluding hydrogens is 204 g/mol. The lowest BCUT2D eigenvalue weighted by Gasteiger charge is -2.09. The van der Waals surface area contributed by atoms with Gasteiger partial charge in [-0.3, -0.25) is 4.79 Å². The molecular formula is C13H16O3. The molecule has 0 aliphatic carbocycles. The monoisotopic (exact) mass is 220 g/mol. The number of aryl methyl sites for hydroxylation is 1. The first-order valence-corrected chi connectivity index (χ1v) is 5.18. The van der Waals surface area contributed by atoms with E-state index in [1.165, 1.54) is 0 Å². The lowest BCUT2D eigenvalue weighted by molar-refractivity contribution is -0.135. The lowest BCUT2D eigenvalue weighted by Crippen LogP contribution is -1.98. The molecule has 0 spiro atoms. The Hall–Kier alpha value is -1.77. The average Bonchev–Trinajstić information content (AvgIpc) is 2.20. The van der Waals surface area contributed by atoms with E-state index in [2.05, 4.69) is 6.58 Å². The zero-order valence-corrected chi connectivity index (χ0v) is 9.62. The molecule has 0 unspecified atom stereocenters. The Balaban J connectivity index is 2.88. The third kappa shape index (κ3) is 3.12. The lowest BCUT2D eigenvalue weighted by atomic mass is 10.0. The van der Waals surface area contributed by atoms with E-state index >= 15 is 0 Å². The number of hydrogen-bond acceptors (Lipinski definition) is 2. The van der Waals surface area contributed by atoms with Gasteiger partial charge in [-0.15, -0.1) is 0 Å².